The van der Waals surface area contributed by atoms with Gasteiger partial charge in [-0.25, -0.2) is 0 Å². The van der Waals surface area contributed by atoms with Crippen molar-refractivity contribution >= 4 is 11.6 Å². The van der Waals surface area contributed by atoms with E-state index in [4.69, 9.17) is 11.6 Å². The van der Waals surface area contributed by atoms with E-state index in [1.807, 2.05) is 32.2 Å². The molecule has 2 rings (SSSR count). The number of halogens is 1. The molecule has 16 heavy (non-hydrogen) atoms. The summed E-state index contributed by atoms with van der Waals surface area (Å²) in [6.45, 7) is 1.92. The van der Waals surface area contributed by atoms with Crippen molar-refractivity contribution in [2.45, 2.75) is 13.0 Å². The molecule has 0 radical (unpaired) electrons. The zero-order valence-electron chi connectivity index (χ0n) is 9.18. The van der Waals surface area contributed by atoms with Gasteiger partial charge in [0.2, 0.25) is 0 Å². The van der Waals surface area contributed by atoms with Gasteiger partial charge < -0.3 is 5.11 Å². The van der Waals surface area contributed by atoms with Gasteiger partial charge in [0.05, 0.1) is 6.20 Å². The molecule has 2 aromatic rings. The first-order valence-electron chi connectivity index (χ1n) is 5.02. The van der Waals surface area contributed by atoms with Crippen LogP contribution < -0.4 is 0 Å². The van der Waals surface area contributed by atoms with Crippen LogP contribution >= 0.6 is 11.6 Å². The maximum atomic E-state index is 10.2. The minimum Gasteiger partial charge on any atom is -0.383 e. The second-order valence-electron chi connectivity index (χ2n) is 3.73. The molecule has 0 aliphatic carbocycles. The smallest absolute Gasteiger partial charge is 0.109 e. The second kappa shape index (κ2) is 4.28. The molecule has 1 aromatic carbocycles. The Hall–Kier alpha value is -1.32. The third kappa shape index (κ3) is 1.84. The summed E-state index contributed by atoms with van der Waals surface area (Å²) < 4.78 is 1.73. The lowest BCUT2D eigenvalue weighted by atomic mass is 10.0. The number of aliphatic hydroxyl groups excluding tert-OH is 1. The number of aromatic nitrogens is 2. The van der Waals surface area contributed by atoms with E-state index in [0.717, 1.165) is 11.3 Å². The summed E-state index contributed by atoms with van der Waals surface area (Å²) in [7, 11) is 1.85. The molecule has 84 valence electrons. The van der Waals surface area contributed by atoms with E-state index < -0.39 is 6.10 Å². The highest BCUT2D eigenvalue weighted by atomic mass is 35.5. The predicted octanol–water partition coefficient (Wildman–Crippen LogP) is 2.46. The Bertz CT molecular complexity index is 507. The van der Waals surface area contributed by atoms with Crippen molar-refractivity contribution in [2.75, 3.05) is 0 Å². The van der Waals surface area contributed by atoms with Gasteiger partial charge in [0.15, 0.2) is 0 Å². The van der Waals surface area contributed by atoms with Crippen LogP contribution in [-0.4, -0.2) is 14.9 Å². The van der Waals surface area contributed by atoms with Crippen molar-refractivity contribution in [3.8, 4) is 0 Å². The molecule has 0 spiro atoms. The highest BCUT2D eigenvalue weighted by molar-refractivity contribution is 6.31. The Morgan fingerprint density at radius 2 is 2.00 bits per heavy atom. The normalized spacial score (nSPS) is 12.8. The van der Waals surface area contributed by atoms with Crippen LogP contribution in [0.15, 0.2) is 30.5 Å². The zero-order chi connectivity index (χ0) is 11.7. The number of benzene rings is 1. The van der Waals surface area contributed by atoms with Crippen molar-refractivity contribution in [1.82, 2.24) is 9.78 Å². The number of nitrogens with zero attached hydrogens (tertiary/aromatic N) is 2. The average Bonchev–Trinajstić information content (AvgIpc) is 2.60. The summed E-state index contributed by atoms with van der Waals surface area (Å²) in [5.41, 5.74) is 2.43. The van der Waals surface area contributed by atoms with Crippen LogP contribution in [0.25, 0.3) is 0 Å². The van der Waals surface area contributed by atoms with Crippen LogP contribution in [0.3, 0.4) is 0 Å². The molecular formula is C12H13ClN2O. The van der Waals surface area contributed by atoms with Gasteiger partial charge in [-0.05, 0) is 13.0 Å². The summed E-state index contributed by atoms with van der Waals surface area (Å²) in [6, 6.07) is 7.29. The Balaban J connectivity index is 2.43. The highest BCUT2D eigenvalue weighted by Crippen LogP contribution is 2.29. The molecule has 0 aliphatic heterocycles. The summed E-state index contributed by atoms with van der Waals surface area (Å²) in [5.74, 6) is 0. The van der Waals surface area contributed by atoms with Gasteiger partial charge in [-0.15, -0.1) is 0 Å². The van der Waals surface area contributed by atoms with Crippen LogP contribution in [0, 0.1) is 6.92 Å². The number of hydrogen-bond acceptors (Lipinski definition) is 2. The van der Waals surface area contributed by atoms with E-state index in [0.29, 0.717) is 10.6 Å². The van der Waals surface area contributed by atoms with Gasteiger partial charge in [-0.2, -0.15) is 5.10 Å². The van der Waals surface area contributed by atoms with Crippen LogP contribution in [0.5, 0.6) is 0 Å². The van der Waals surface area contributed by atoms with Gasteiger partial charge >= 0.3 is 0 Å². The van der Waals surface area contributed by atoms with E-state index >= 15 is 0 Å². The lowest BCUT2D eigenvalue weighted by Crippen LogP contribution is -2.02. The Morgan fingerprint density at radius 1 is 1.31 bits per heavy atom. The van der Waals surface area contributed by atoms with E-state index in [9.17, 15) is 5.11 Å². The van der Waals surface area contributed by atoms with E-state index in [2.05, 4.69) is 5.10 Å². The van der Waals surface area contributed by atoms with E-state index in [1.54, 1.807) is 16.9 Å². The van der Waals surface area contributed by atoms with E-state index in [1.165, 1.54) is 0 Å². The van der Waals surface area contributed by atoms with Crippen LogP contribution in [-0.2, 0) is 7.05 Å². The number of aliphatic hydroxyl groups is 1. The number of aryl methyl sites for hydroxylation is 1. The van der Waals surface area contributed by atoms with Gasteiger partial charge in [-0.3, -0.25) is 4.68 Å². The molecule has 1 N–H and O–H groups in total. The van der Waals surface area contributed by atoms with Crippen LogP contribution in [0.2, 0.25) is 5.02 Å². The van der Waals surface area contributed by atoms with Gasteiger partial charge in [0, 0.05) is 28.9 Å². The minimum atomic E-state index is -0.720. The Morgan fingerprint density at radius 3 is 2.56 bits per heavy atom. The van der Waals surface area contributed by atoms with Gasteiger partial charge in [0.25, 0.3) is 0 Å². The summed E-state index contributed by atoms with van der Waals surface area (Å²) >= 11 is 6.04. The summed E-state index contributed by atoms with van der Waals surface area (Å²) in [4.78, 5) is 0. The third-order valence-electron chi connectivity index (χ3n) is 2.77. The number of hydrogen-bond donors (Lipinski definition) is 1. The first-order chi connectivity index (χ1) is 7.61. The van der Waals surface area contributed by atoms with Gasteiger partial charge in [0.1, 0.15) is 6.10 Å². The molecule has 1 unspecified atom stereocenters. The molecule has 1 heterocycles. The maximum absolute atomic E-state index is 10.2. The standard InChI is InChI=1S/C12H13ClN2O/c1-8-10(7-14-15(8)2)12(16)9-5-3-4-6-11(9)13/h3-7,12,16H,1-2H3. The molecule has 0 aliphatic rings. The molecular weight excluding hydrogens is 224 g/mol. The van der Waals surface area contributed by atoms with Gasteiger partial charge in [-0.1, -0.05) is 29.8 Å². The first-order valence-corrected chi connectivity index (χ1v) is 5.40. The Labute approximate surface area is 99.3 Å². The van der Waals surface area contributed by atoms with Crippen molar-refractivity contribution in [1.29, 1.82) is 0 Å². The molecule has 0 saturated heterocycles. The minimum absolute atomic E-state index is 0.568. The lowest BCUT2D eigenvalue weighted by Gasteiger charge is -2.12. The fourth-order valence-corrected chi connectivity index (χ4v) is 1.89. The first kappa shape index (κ1) is 11.2. The zero-order valence-corrected chi connectivity index (χ0v) is 9.94. The van der Waals surface area contributed by atoms with Crippen molar-refractivity contribution < 1.29 is 5.11 Å². The third-order valence-corrected chi connectivity index (χ3v) is 3.11. The Kier molecular flexibility index (Phi) is 2.99. The predicted molar refractivity (Wildman–Crippen MR) is 63.5 cm³/mol. The molecule has 0 amide bonds. The van der Waals surface area contributed by atoms with E-state index in [-0.39, 0.29) is 0 Å². The number of rotatable bonds is 2. The molecule has 0 saturated carbocycles. The SMILES string of the molecule is Cc1c(C(O)c2ccccc2Cl)cnn1C. The summed E-state index contributed by atoms with van der Waals surface area (Å²) in [5, 5.41) is 14.9. The van der Waals surface area contributed by atoms with Crippen molar-refractivity contribution in [2.24, 2.45) is 7.05 Å². The molecule has 0 fully saturated rings. The molecule has 4 heteroatoms. The highest BCUT2D eigenvalue weighted by Gasteiger charge is 2.17. The fraction of sp³-hybridized carbons (Fsp3) is 0.250. The lowest BCUT2D eigenvalue weighted by molar-refractivity contribution is 0.219. The van der Waals surface area contributed by atoms with Crippen LogP contribution in [0.1, 0.15) is 22.9 Å². The molecule has 1 aromatic heterocycles. The molecule has 3 nitrogen and oxygen atoms in total. The summed E-state index contributed by atoms with van der Waals surface area (Å²) in [6.07, 6.45) is 0.950. The topological polar surface area (TPSA) is 38.1 Å². The average molecular weight is 237 g/mol. The van der Waals surface area contributed by atoms with Crippen molar-refractivity contribution in [3.05, 3.63) is 52.3 Å². The quantitative estimate of drug-likeness (QED) is 0.870. The maximum Gasteiger partial charge on any atom is 0.109 e. The fourth-order valence-electron chi connectivity index (χ4n) is 1.65. The largest absolute Gasteiger partial charge is 0.383 e. The molecule has 1 atom stereocenters. The second-order valence-corrected chi connectivity index (χ2v) is 4.14. The van der Waals surface area contributed by atoms with Crippen molar-refractivity contribution in [3.63, 3.8) is 0 Å². The monoisotopic (exact) mass is 236 g/mol. The molecule has 0 bridgehead atoms. The van der Waals surface area contributed by atoms with Crippen LogP contribution in [0.4, 0.5) is 0 Å².